The van der Waals surface area contributed by atoms with Gasteiger partial charge in [0.1, 0.15) is 11.5 Å². The molecule has 134 valence electrons. The molecule has 26 heavy (non-hydrogen) atoms. The van der Waals surface area contributed by atoms with Crippen LogP contribution in [0.2, 0.25) is 0 Å². The zero-order chi connectivity index (χ0) is 18.3. The summed E-state index contributed by atoms with van der Waals surface area (Å²) in [5.74, 6) is -0.0789. The molecule has 4 rings (SSSR count). The second-order valence-electron chi connectivity index (χ2n) is 6.08. The van der Waals surface area contributed by atoms with E-state index in [0.717, 1.165) is 4.90 Å². The highest BCUT2D eigenvalue weighted by Gasteiger charge is 2.54. The van der Waals surface area contributed by atoms with Crippen LogP contribution in [0.15, 0.2) is 40.8 Å². The lowest BCUT2D eigenvalue weighted by Gasteiger charge is -2.33. The molecule has 1 atom stereocenters. The molecule has 1 unspecified atom stereocenters. The Balaban J connectivity index is 1.63. The molecule has 1 fully saturated rings. The Morgan fingerprint density at radius 3 is 2.88 bits per heavy atom. The standard InChI is InChI=1S/C18H16N2O6/c1-24-15(21)14-7-6-11(26-14)10-20-16(22)18(19-17(20)23)8-9-25-13-5-3-2-4-12(13)18/h2-7H,8-10H2,1H3,(H,19,23). The lowest BCUT2D eigenvalue weighted by atomic mass is 9.84. The van der Waals surface area contributed by atoms with Gasteiger partial charge in [-0.05, 0) is 18.2 Å². The van der Waals surface area contributed by atoms with Gasteiger partial charge >= 0.3 is 12.0 Å². The van der Waals surface area contributed by atoms with Gasteiger partial charge in [-0.3, -0.25) is 9.69 Å². The third-order valence-electron chi connectivity index (χ3n) is 4.62. The number of carbonyl (C=O) groups excluding carboxylic acids is 3. The van der Waals surface area contributed by atoms with Gasteiger partial charge < -0.3 is 19.2 Å². The minimum atomic E-state index is -1.14. The van der Waals surface area contributed by atoms with E-state index in [2.05, 4.69) is 10.1 Å². The molecule has 1 aromatic carbocycles. The highest BCUT2D eigenvalue weighted by molar-refractivity contribution is 6.07. The molecule has 1 N–H and O–H groups in total. The van der Waals surface area contributed by atoms with Crippen molar-refractivity contribution in [3.05, 3.63) is 53.5 Å². The van der Waals surface area contributed by atoms with Crippen LogP contribution >= 0.6 is 0 Å². The fraction of sp³-hybridized carbons (Fsp3) is 0.278. The van der Waals surface area contributed by atoms with Gasteiger partial charge in [-0.1, -0.05) is 18.2 Å². The van der Waals surface area contributed by atoms with Crippen LogP contribution in [0.1, 0.15) is 28.3 Å². The summed E-state index contributed by atoms with van der Waals surface area (Å²) in [7, 11) is 1.24. The number of furan rings is 1. The van der Waals surface area contributed by atoms with Crippen LogP contribution in [0, 0.1) is 0 Å². The maximum Gasteiger partial charge on any atom is 0.373 e. The first kappa shape index (κ1) is 16.2. The number of nitrogens with one attached hydrogen (secondary N) is 1. The number of benzene rings is 1. The average molecular weight is 356 g/mol. The first-order valence-electron chi connectivity index (χ1n) is 8.08. The monoisotopic (exact) mass is 356 g/mol. The van der Waals surface area contributed by atoms with E-state index in [1.807, 2.05) is 6.07 Å². The zero-order valence-corrected chi connectivity index (χ0v) is 14.0. The lowest BCUT2D eigenvalue weighted by molar-refractivity contribution is -0.133. The Bertz CT molecular complexity index is 905. The molecule has 2 aromatic rings. The van der Waals surface area contributed by atoms with E-state index < -0.39 is 17.5 Å². The zero-order valence-electron chi connectivity index (χ0n) is 14.0. The number of amides is 3. The molecule has 1 saturated heterocycles. The van der Waals surface area contributed by atoms with Crippen molar-refractivity contribution in [1.82, 2.24) is 10.2 Å². The van der Waals surface area contributed by atoms with Crippen molar-refractivity contribution >= 4 is 17.9 Å². The molecular formula is C18H16N2O6. The van der Waals surface area contributed by atoms with Crippen molar-refractivity contribution < 1.29 is 28.3 Å². The third-order valence-corrected chi connectivity index (χ3v) is 4.62. The first-order chi connectivity index (χ1) is 12.5. The first-order valence-corrected chi connectivity index (χ1v) is 8.08. The molecule has 0 bridgehead atoms. The van der Waals surface area contributed by atoms with Crippen LogP contribution in [-0.4, -0.2) is 36.5 Å². The van der Waals surface area contributed by atoms with Gasteiger partial charge in [-0.2, -0.15) is 0 Å². The SMILES string of the molecule is COC(=O)c1ccc(CN2C(=O)NC3(CCOc4ccccc43)C2=O)o1. The predicted octanol–water partition coefficient (Wildman–Crippen LogP) is 1.80. The summed E-state index contributed by atoms with van der Waals surface area (Å²) in [6.07, 6.45) is 0.344. The van der Waals surface area contributed by atoms with E-state index >= 15 is 0 Å². The van der Waals surface area contributed by atoms with Gasteiger partial charge in [-0.15, -0.1) is 0 Å². The Hall–Kier alpha value is -3.29. The van der Waals surface area contributed by atoms with E-state index in [1.165, 1.54) is 19.2 Å². The number of para-hydroxylation sites is 1. The number of urea groups is 1. The largest absolute Gasteiger partial charge is 0.493 e. The molecule has 3 amide bonds. The second kappa shape index (κ2) is 5.91. The van der Waals surface area contributed by atoms with Crippen molar-refractivity contribution in [3.63, 3.8) is 0 Å². The lowest BCUT2D eigenvalue weighted by Crippen LogP contribution is -2.47. The normalized spacial score (nSPS) is 21.3. The fourth-order valence-electron chi connectivity index (χ4n) is 3.34. The summed E-state index contributed by atoms with van der Waals surface area (Å²) >= 11 is 0. The van der Waals surface area contributed by atoms with Crippen molar-refractivity contribution in [1.29, 1.82) is 0 Å². The number of esters is 1. The Kier molecular flexibility index (Phi) is 3.68. The van der Waals surface area contributed by atoms with Crippen LogP contribution in [0.25, 0.3) is 0 Å². The van der Waals surface area contributed by atoms with Gasteiger partial charge in [0.25, 0.3) is 5.91 Å². The maximum atomic E-state index is 13.1. The number of hydrogen-bond acceptors (Lipinski definition) is 6. The minimum Gasteiger partial charge on any atom is -0.493 e. The number of nitrogens with zero attached hydrogens (tertiary/aromatic N) is 1. The summed E-state index contributed by atoms with van der Waals surface area (Å²) in [6, 6.07) is 9.63. The topological polar surface area (TPSA) is 98.1 Å². The van der Waals surface area contributed by atoms with Crippen LogP contribution in [0.4, 0.5) is 4.79 Å². The van der Waals surface area contributed by atoms with Crippen LogP contribution in [0.3, 0.4) is 0 Å². The van der Waals surface area contributed by atoms with Crippen molar-refractivity contribution in [3.8, 4) is 5.75 Å². The average Bonchev–Trinajstić information content (AvgIpc) is 3.21. The Morgan fingerprint density at radius 2 is 2.08 bits per heavy atom. The summed E-state index contributed by atoms with van der Waals surface area (Å²) in [6.45, 7) is 0.247. The van der Waals surface area contributed by atoms with E-state index in [0.29, 0.717) is 30.1 Å². The number of carbonyl (C=O) groups is 3. The molecule has 8 nitrogen and oxygen atoms in total. The van der Waals surface area contributed by atoms with Crippen LogP contribution < -0.4 is 10.1 Å². The molecule has 1 spiro atoms. The van der Waals surface area contributed by atoms with Crippen LogP contribution in [-0.2, 0) is 21.6 Å². The molecule has 0 radical (unpaired) electrons. The number of rotatable bonds is 3. The highest BCUT2D eigenvalue weighted by Crippen LogP contribution is 2.41. The molecule has 0 saturated carbocycles. The van der Waals surface area contributed by atoms with Crippen LogP contribution in [0.5, 0.6) is 5.75 Å². The van der Waals surface area contributed by atoms with E-state index in [1.54, 1.807) is 18.2 Å². The van der Waals surface area contributed by atoms with Crippen molar-refractivity contribution in [2.75, 3.05) is 13.7 Å². The molecule has 2 aliphatic rings. The minimum absolute atomic E-state index is 0.0145. The molecule has 1 aromatic heterocycles. The summed E-state index contributed by atoms with van der Waals surface area (Å²) < 4.78 is 15.5. The smallest absolute Gasteiger partial charge is 0.373 e. The molecule has 2 aliphatic heterocycles. The highest BCUT2D eigenvalue weighted by atomic mass is 16.5. The van der Waals surface area contributed by atoms with E-state index in [9.17, 15) is 14.4 Å². The van der Waals surface area contributed by atoms with Gasteiger partial charge in [0.05, 0.1) is 20.3 Å². The molecular weight excluding hydrogens is 340 g/mol. The number of methoxy groups -OCH3 is 1. The number of imide groups is 1. The van der Waals surface area contributed by atoms with Gasteiger partial charge in [0.2, 0.25) is 5.76 Å². The Labute approximate surface area is 148 Å². The summed E-state index contributed by atoms with van der Waals surface area (Å²) in [5, 5.41) is 2.81. The second-order valence-corrected chi connectivity index (χ2v) is 6.08. The summed E-state index contributed by atoms with van der Waals surface area (Å²) in [5.41, 5.74) is -0.495. The van der Waals surface area contributed by atoms with Crippen molar-refractivity contribution in [2.45, 2.75) is 18.5 Å². The Morgan fingerprint density at radius 1 is 1.27 bits per heavy atom. The van der Waals surface area contributed by atoms with Crippen molar-refractivity contribution in [2.24, 2.45) is 0 Å². The quantitative estimate of drug-likeness (QED) is 0.665. The maximum absolute atomic E-state index is 13.1. The van der Waals surface area contributed by atoms with E-state index in [4.69, 9.17) is 9.15 Å². The van der Waals surface area contributed by atoms with Gasteiger partial charge in [0, 0.05) is 12.0 Å². The van der Waals surface area contributed by atoms with Gasteiger partial charge in [0.15, 0.2) is 5.54 Å². The molecule has 3 heterocycles. The predicted molar refractivity (Wildman–Crippen MR) is 87.4 cm³/mol. The third kappa shape index (κ3) is 2.33. The summed E-state index contributed by atoms with van der Waals surface area (Å²) in [4.78, 5) is 38.2. The fourth-order valence-corrected chi connectivity index (χ4v) is 3.34. The number of ether oxygens (including phenoxy) is 2. The number of hydrogen-bond donors (Lipinski definition) is 1. The van der Waals surface area contributed by atoms with Gasteiger partial charge in [-0.25, -0.2) is 9.59 Å². The number of fused-ring (bicyclic) bond motifs is 2. The molecule has 8 heteroatoms. The van der Waals surface area contributed by atoms with E-state index in [-0.39, 0.29) is 18.2 Å². The molecule has 0 aliphatic carbocycles.